The van der Waals surface area contributed by atoms with Crippen molar-refractivity contribution in [2.45, 2.75) is 57.5 Å². The number of nitrogens with zero attached hydrogens (tertiary/aromatic N) is 2. The van der Waals surface area contributed by atoms with Crippen LogP contribution in [-0.2, 0) is 27.4 Å². The molecule has 6 rings (SSSR count). The zero-order valence-electron chi connectivity index (χ0n) is 26.1. The number of hydrogen-bond donors (Lipinski definition) is 3. The summed E-state index contributed by atoms with van der Waals surface area (Å²) in [5, 5.41) is 12.3. The molecule has 46 heavy (non-hydrogen) atoms. The number of aromatic amines is 1. The number of benzene rings is 3. The fraction of sp³-hybridized carbons (Fsp3) is 0.389. The molecule has 10 heteroatoms. The molecular formula is C36H42N4O6. The van der Waals surface area contributed by atoms with Crippen LogP contribution in [0.15, 0.2) is 90.2 Å². The van der Waals surface area contributed by atoms with Gasteiger partial charge < -0.3 is 34.5 Å². The van der Waals surface area contributed by atoms with Crippen molar-refractivity contribution in [3.05, 3.63) is 118 Å². The lowest BCUT2D eigenvalue weighted by atomic mass is 9.89. The summed E-state index contributed by atoms with van der Waals surface area (Å²) in [6.07, 6.45) is 1.90. The summed E-state index contributed by atoms with van der Waals surface area (Å²) in [6.45, 7) is 8.68. The molecule has 3 heterocycles. The molecule has 0 aliphatic carbocycles. The van der Waals surface area contributed by atoms with E-state index in [2.05, 4.69) is 28.7 Å². The molecule has 4 aromatic rings. The third-order valence-corrected chi connectivity index (χ3v) is 9.13. The zero-order chi connectivity index (χ0) is 32.0. The Morgan fingerprint density at radius 1 is 1.02 bits per heavy atom. The van der Waals surface area contributed by atoms with Crippen molar-refractivity contribution in [3.63, 3.8) is 0 Å². The number of carbonyl (C=O) groups is 1. The summed E-state index contributed by atoms with van der Waals surface area (Å²) in [6, 6.07) is 23.8. The molecule has 3 aromatic carbocycles. The number of carbonyl (C=O) groups excluding carboxylic acids is 1. The number of nitrogens with one attached hydrogen (secondary N) is 2. The lowest BCUT2D eigenvalue weighted by molar-refractivity contribution is -0.276. The molecule has 1 amide bonds. The van der Waals surface area contributed by atoms with E-state index in [9.17, 15) is 14.7 Å². The Morgan fingerprint density at radius 2 is 1.72 bits per heavy atom. The van der Waals surface area contributed by atoms with Gasteiger partial charge in [0.2, 0.25) is 0 Å². The molecule has 2 aliphatic rings. The minimum Gasteiger partial charge on any atom is -0.445 e. The van der Waals surface area contributed by atoms with Crippen molar-refractivity contribution in [1.82, 2.24) is 19.8 Å². The molecule has 3 N–H and O–H groups in total. The number of para-hydroxylation sites is 2. The van der Waals surface area contributed by atoms with Crippen LogP contribution in [0.4, 0.5) is 4.79 Å². The number of H-pyrrole nitrogens is 1. The standard InChI is InChI=1S/C36H42N4O6/c1-3-20-44-36(43)37-21-25-8-14-28(15-9-25)34-45-32(24(2)33(46-34)27-12-10-26(23-41)11-13-27)22-39-18-16-29(17-19-39)40-31-7-5-4-6-30(31)38-35(40)42/h3-15,24,29,32-34,41H,1,16-23H2,2H3,(H,37,43)(H,38,42)/t24-,32+,33+,34+/m1/s1. The van der Waals surface area contributed by atoms with E-state index in [1.807, 2.05) is 77.4 Å². The van der Waals surface area contributed by atoms with E-state index in [1.54, 1.807) is 0 Å². The summed E-state index contributed by atoms with van der Waals surface area (Å²) in [5.41, 5.74) is 5.50. The number of aliphatic hydroxyl groups is 1. The lowest BCUT2D eigenvalue weighted by Crippen LogP contribution is -2.47. The van der Waals surface area contributed by atoms with Gasteiger partial charge in [0.05, 0.1) is 29.8 Å². The summed E-state index contributed by atoms with van der Waals surface area (Å²) in [7, 11) is 0. The fourth-order valence-corrected chi connectivity index (χ4v) is 6.53. The van der Waals surface area contributed by atoms with Gasteiger partial charge in [0.15, 0.2) is 6.29 Å². The van der Waals surface area contributed by atoms with E-state index in [1.165, 1.54) is 6.08 Å². The number of fused-ring (bicyclic) bond motifs is 1. The molecule has 0 bridgehead atoms. The minimum absolute atomic E-state index is 0.0104. The van der Waals surface area contributed by atoms with Crippen LogP contribution in [-0.4, -0.2) is 58.0 Å². The van der Waals surface area contributed by atoms with Gasteiger partial charge in [-0.1, -0.05) is 80.2 Å². The normalized spacial score (nSPS) is 22.5. The highest BCUT2D eigenvalue weighted by molar-refractivity contribution is 5.75. The molecule has 10 nitrogen and oxygen atoms in total. The van der Waals surface area contributed by atoms with Gasteiger partial charge >= 0.3 is 11.8 Å². The highest BCUT2D eigenvalue weighted by atomic mass is 16.7. The number of imidazole rings is 1. The first-order chi connectivity index (χ1) is 22.4. The first-order valence-electron chi connectivity index (χ1n) is 16.0. The molecule has 2 fully saturated rings. The van der Waals surface area contributed by atoms with Gasteiger partial charge in [-0.05, 0) is 41.7 Å². The summed E-state index contributed by atoms with van der Waals surface area (Å²) >= 11 is 0. The van der Waals surface area contributed by atoms with Crippen LogP contribution in [0.2, 0.25) is 0 Å². The zero-order valence-corrected chi connectivity index (χ0v) is 26.1. The van der Waals surface area contributed by atoms with Crippen LogP contribution in [0.5, 0.6) is 0 Å². The van der Waals surface area contributed by atoms with Crippen molar-refractivity contribution in [2.24, 2.45) is 5.92 Å². The third-order valence-electron chi connectivity index (χ3n) is 9.13. The van der Waals surface area contributed by atoms with Crippen molar-refractivity contribution >= 4 is 17.1 Å². The van der Waals surface area contributed by atoms with E-state index in [4.69, 9.17) is 14.2 Å². The van der Waals surface area contributed by atoms with Gasteiger partial charge in [-0.3, -0.25) is 4.57 Å². The number of rotatable bonds is 10. The quantitative estimate of drug-likeness (QED) is 0.203. The maximum atomic E-state index is 12.8. The Labute approximate surface area is 268 Å². The highest BCUT2D eigenvalue weighted by Crippen LogP contribution is 2.42. The van der Waals surface area contributed by atoms with E-state index < -0.39 is 12.4 Å². The summed E-state index contributed by atoms with van der Waals surface area (Å²) < 4.78 is 20.2. The van der Waals surface area contributed by atoms with Crippen LogP contribution < -0.4 is 11.0 Å². The number of aliphatic hydroxyl groups excluding tert-OH is 1. The number of piperidine rings is 1. The molecule has 0 radical (unpaired) electrons. The Balaban J connectivity index is 1.15. The molecule has 0 unspecified atom stereocenters. The number of hydrogen-bond acceptors (Lipinski definition) is 7. The molecule has 2 aliphatic heterocycles. The second-order valence-electron chi connectivity index (χ2n) is 12.2. The minimum atomic E-state index is -0.578. The molecular weight excluding hydrogens is 584 g/mol. The summed E-state index contributed by atoms with van der Waals surface area (Å²) in [4.78, 5) is 30.1. The maximum Gasteiger partial charge on any atom is 0.407 e. The van der Waals surface area contributed by atoms with Crippen molar-refractivity contribution in [2.75, 3.05) is 26.2 Å². The van der Waals surface area contributed by atoms with Crippen molar-refractivity contribution in [3.8, 4) is 0 Å². The van der Waals surface area contributed by atoms with E-state index in [-0.39, 0.29) is 43.1 Å². The van der Waals surface area contributed by atoms with E-state index >= 15 is 0 Å². The lowest BCUT2D eigenvalue weighted by Gasteiger charge is -2.44. The van der Waals surface area contributed by atoms with Gasteiger partial charge in [0.25, 0.3) is 0 Å². The predicted octanol–water partition coefficient (Wildman–Crippen LogP) is 5.36. The molecule has 2 saturated heterocycles. The molecule has 242 valence electrons. The highest BCUT2D eigenvalue weighted by Gasteiger charge is 2.39. The number of ether oxygens (including phenoxy) is 3. The number of alkyl carbamates (subject to hydrolysis) is 1. The topological polar surface area (TPSA) is 118 Å². The average molecular weight is 627 g/mol. The van der Waals surface area contributed by atoms with Gasteiger partial charge in [-0.15, -0.1) is 0 Å². The van der Waals surface area contributed by atoms with Gasteiger partial charge in [-0.2, -0.15) is 0 Å². The largest absolute Gasteiger partial charge is 0.445 e. The smallest absolute Gasteiger partial charge is 0.407 e. The number of amides is 1. The van der Waals surface area contributed by atoms with Crippen LogP contribution in [0, 0.1) is 5.92 Å². The maximum absolute atomic E-state index is 12.8. The Kier molecular flexibility index (Phi) is 9.99. The third kappa shape index (κ3) is 7.10. The SMILES string of the molecule is C=CCOC(=O)NCc1ccc([C@H]2O[C@@H](CN3CCC(n4c(=O)[nH]c5ccccc54)CC3)[C@@H](C)[C@@H](c3ccc(CO)cc3)O2)cc1. The van der Waals surface area contributed by atoms with Crippen molar-refractivity contribution < 1.29 is 24.1 Å². The molecule has 0 saturated carbocycles. The monoisotopic (exact) mass is 626 g/mol. The first-order valence-corrected chi connectivity index (χ1v) is 16.0. The Morgan fingerprint density at radius 3 is 2.43 bits per heavy atom. The van der Waals surface area contributed by atoms with E-state index in [0.717, 1.165) is 65.8 Å². The number of aromatic nitrogens is 2. The van der Waals surface area contributed by atoms with Crippen LogP contribution in [0.25, 0.3) is 11.0 Å². The van der Waals surface area contributed by atoms with Crippen LogP contribution >= 0.6 is 0 Å². The van der Waals surface area contributed by atoms with E-state index in [0.29, 0.717) is 6.54 Å². The number of likely N-dealkylation sites (tertiary alicyclic amines) is 1. The van der Waals surface area contributed by atoms with Gasteiger partial charge in [0.1, 0.15) is 6.61 Å². The predicted molar refractivity (Wildman–Crippen MR) is 175 cm³/mol. The summed E-state index contributed by atoms with van der Waals surface area (Å²) in [5.74, 6) is 0.0650. The van der Waals surface area contributed by atoms with Crippen LogP contribution in [0.1, 0.15) is 60.5 Å². The van der Waals surface area contributed by atoms with Gasteiger partial charge in [0, 0.05) is 43.7 Å². The van der Waals surface area contributed by atoms with Crippen LogP contribution in [0.3, 0.4) is 0 Å². The van der Waals surface area contributed by atoms with Gasteiger partial charge in [-0.25, -0.2) is 9.59 Å². The second kappa shape index (κ2) is 14.5. The first kappa shape index (κ1) is 31.7. The molecule has 0 spiro atoms. The average Bonchev–Trinajstić information content (AvgIpc) is 3.43. The fourth-order valence-electron chi connectivity index (χ4n) is 6.53. The Hall–Kier alpha value is -4.22. The molecule has 1 aromatic heterocycles. The van der Waals surface area contributed by atoms with Crippen molar-refractivity contribution in [1.29, 1.82) is 0 Å². The Bertz CT molecular complexity index is 1670. The second-order valence-corrected chi connectivity index (χ2v) is 12.2. The molecule has 4 atom stereocenters.